The van der Waals surface area contributed by atoms with E-state index in [1.807, 2.05) is 53.4 Å². The van der Waals surface area contributed by atoms with E-state index >= 15 is 0 Å². The molecule has 0 aliphatic rings. The van der Waals surface area contributed by atoms with E-state index < -0.39 is 0 Å². The third kappa shape index (κ3) is 4.36. The molecule has 0 saturated carbocycles. The smallest absolute Gasteiger partial charge is 0.227 e. The van der Waals surface area contributed by atoms with Crippen LogP contribution in [0.25, 0.3) is 21.8 Å². The minimum Gasteiger partial charge on any atom is -0.493 e. The SMILES string of the molecule is COc1cc(C(=O)C[n+]2ccc3c4ccccc4n(Cc4ccc(Cl)cc4)c3c2)cc(OC)c1OC. The molecule has 0 aliphatic heterocycles. The van der Waals surface area contributed by atoms with Crippen molar-refractivity contribution < 1.29 is 23.6 Å². The summed E-state index contributed by atoms with van der Waals surface area (Å²) in [5, 5.41) is 3.02. The molecule has 5 rings (SSSR count). The first-order chi connectivity index (χ1) is 17.5. The molecule has 36 heavy (non-hydrogen) atoms. The molecule has 6 nitrogen and oxygen atoms in total. The Morgan fingerprint density at radius 3 is 2.19 bits per heavy atom. The van der Waals surface area contributed by atoms with Crippen molar-refractivity contribution in [3.8, 4) is 17.2 Å². The molecular formula is C29H26ClN2O4+. The van der Waals surface area contributed by atoms with Crippen LogP contribution in [0.4, 0.5) is 0 Å². The molecule has 0 amide bonds. The van der Waals surface area contributed by atoms with Gasteiger partial charge < -0.3 is 18.8 Å². The number of hydrogen-bond acceptors (Lipinski definition) is 4. The van der Waals surface area contributed by atoms with Crippen LogP contribution >= 0.6 is 11.6 Å². The van der Waals surface area contributed by atoms with Gasteiger partial charge in [0.25, 0.3) is 0 Å². The zero-order valence-electron chi connectivity index (χ0n) is 20.3. The number of benzene rings is 3. The number of halogens is 1. The first-order valence-electron chi connectivity index (χ1n) is 11.5. The summed E-state index contributed by atoms with van der Waals surface area (Å²) in [6.45, 7) is 0.850. The van der Waals surface area contributed by atoms with Crippen molar-refractivity contribution in [2.45, 2.75) is 13.1 Å². The van der Waals surface area contributed by atoms with Crippen LogP contribution in [-0.2, 0) is 13.1 Å². The van der Waals surface area contributed by atoms with Crippen LogP contribution in [-0.4, -0.2) is 31.7 Å². The van der Waals surface area contributed by atoms with Crippen molar-refractivity contribution in [1.29, 1.82) is 0 Å². The third-order valence-corrected chi connectivity index (χ3v) is 6.59. The number of para-hydroxylation sites is 1. The van der Waals surface area contributed by atoms with E-state index in [0.717, 1.165) is 22.0 Å². The lowest BCUT2D eigenvalue weighted by atomic mass is 10.1. The molecule has 0 bridgehead atoms. The minimum atomic E-state index is -0.0704. The highest BCUT2D eigenvalue weighted by molar-refractivity contribution is 6.30. The number of fused-ring (bicyclic) bond motifs is 3. The normalized spacial score (nSPS) is 11.1. The summed E-state index contributed by atoms with van der Waals surface area (Å²) < 4.78 is 20.4. The van der Waals surface area contributed by atoms with Gasteiger partial charge in [0.05, 0.1) is 21.3 Å². The fourth-order valence-corrected chi connectivity index (χ4v) is 4.70. The van der Waals surface area contributed by atoms with E-state index in [1.165, 1.54) is 26.7 Å². The van der Waals surface area contributed by atoms with Gasteiger partial charge in [0.2, 0.25) is 18.1 Å². The lowest BCUT2D eigenvalue weighted by Crippen LogP contribution is -2.37. The first kappa shape index (κ1) is 23.7. The molecule has 0 saturated heterocycles. The molecule has 0 N–H and O–H groups in total. The van der Waals surface area contributed by atoms with E-state index in [0.29, 0.717) is 34.4 Å². The lowest BCUT2D eigenvalue weighted by Gasteiger charge is -2.13. The molecule has 2 aromatic heterocycles. The van der Waals surface area contributed by atoms with Gasteiger partial charge in [-0.1, -0.05) is 41.9 Å². The predicted molar refractivity (Wildman–Crippen MR) is 141 cm³/mol. The van der Waals surface area contributed by atoms with Gasteiger partial charge in [0, 0.05) is 39.5 Å². The number of nitrogens with zero attached hydrogens (tertiary/aromatic N) is 2. The second-order valence-electron chi connectivity index (χ2n) is 8.48. The number of aromatic nitrogens is 2. The molecule has 3 aromatic carbocycles. The number of carbonyl (C=O) groups is 1. The van der Waals surface area contributed by atoms with Crippen molar-refractivity contribution in [3.05, 3.63) is 95.3 Å². The largest absolute Gasteiger partial charge is 0.493 e. The number of pyridine rings is 1. The van der Waals surface area contributed by atoms with Gasteiger partial charge in [-0.05, 0) is 35.9 Å². The Kier molecular flexibility index (Phi) is 6.53. The Morgan fingerprint density at radius 1 is 0.861 bits per heavy atom. The second kappa shape index (κ2) is 9.91. The summed E-state index contributed by atoms with van der Waals surface area (Å²) in [6, 6.07) is 21.6. The van der Waals surface area contributed by atoms with Crippen LogP contribution < -0.4 is 18.8 Å². The number of rotatable bonds is 8. The van der Waals surface area contributed by atoms with Gasteiger partial charge >= 0.3 is 0 Å². The molecule has 2 heterocycles. The highest BCUT2D eigenvalue weighted by Gasteiger charge is 2.21. The van der Waals surface area contributed by atoms with Crippen LogP contribution in [0.5, 0.6) is 17.2 Å². The standard InChI is InChI=1S/C29H26ClN2O4/c1-34-27-14-20(15-28(35-2)29(27)36-3)26(33)18-31-13-12-23-22-6-4-5-7-24(22)32(25(23)17-31)16-19-8-10-21(30)11-9-19/h4-15,17H,16,18H2,1-3H3/q+1. The summed E-state index contributed by atoms with van der Waals surface area (Å²) in [5.41, 5.74) is 3.81. The molecule has 7 heteroatoms. The first-order valence-corrected chi connectivity index (χ1v) is 11.9. The number of carbonyl (C=O) groups excluding carboxylic acids is 1. The summed E-state index contributed by atoms with van der Waals surface area (Å²) in [6.07, 6.45) is 3.97. The van der Waals surface area contributed by atoms with Crippen LogP contribution in [0, 0.1) is 0 Å². The zero-order chi connectivity index (χ0) is 25.2. The van der Waals surface area contributed by atoms with Crippen molar-refractivity contribution in [2.75, 3.05) is 21.3 Å². The topological polar surface area (TPSA) is 53.6 Å². The number of Topliss-reactive ketones (excluding diaryl/α,β-unsaturated/α-hetero) is 1. The highest BCUT2D eigenvalue weighted by Crippen LogP contribution is 2.38. The Balaban J connectivity index is 1.54. The van der Waals surface area contributed by atoms with Gasteiger partial charge in [0.1, 0.15) is 5.52 Å². The summed E-state index contributed by atoms with van der Waals surface area (Å²) in [7, 11) is 4.61. The predicted octanol–water partition coefficient (Wildman–Crippen LogP) is 5.69. The Labute approximate surface area is 214 Å². The minimum absolute atomic E-state index is 0.0704. The highest BCUT2D eigenvalue weighted by atomic mass is 35.5. The maximum absolute atomic E-state index is 13.3. The molecule has 0 spiro atoms. The molecule has 0 atom stereocenters. The Bertz CT molecular complexity index is 1550. The summed E-state index contributed by atoms with van der Waals surface area (Å²) in [4.78, 5) is 13.3. The average Bonchev–Trinajstić information content (AvgIpc) is 3.21. The van der Waals surface area contributed by atoms with Crippen molar-refractivity contribution in [1.82, 2.24) is 4.57 Å². The van der Waals surface area contributed by atoms with Crippen molar-refractivity contribution >= 4 is 39.2 Å². The number of ether oxygens (including phenoxy) is 3. The average molecular weight is 502 g/mol. The zero-order valence-corrected chi connectivity index (χ0v) is 21.1. The molecule has 5 aromatic rings. The van der Waals surface area contributed by atoms with Gasteiger partial charge in [-0.25, -0.2) is 0 Å². The Morgan fingerprint density at radius 2 is 1.53 bits per heavy atom. The maximum Gasteiger partial charge on any atom is 0.227 e. The van der Waals surface area contributed by atoms with Crippen LogP contribution in [0.3, 0.4) is 0 Å². The van der Waals surface area contributed by atoms with Gasteiger partial charge in [-0.3, -0.25) is 4.79 Å². The quantitative estimate of drug-likeness (QED) is 0.202. The summed E-state index contributed by atoms with van der Waals surface area (Å²) >= 11 is 6.09. The molecule has 182 valence electrons. The van der Waals surface area contributed by atoms with Gasteiger partial charge in [-0.2, -0.15) is 4.57 Å². The van der Waals surface area contributed by atoms with Crippen molar-refractivity contribution in [3.63, 3.8) is 0 Å². The molecule has 0 fully saturated rings. The van der Waals surface area contributed by atoms with E-state index in [-0.39, 0.29) is 12.3 Å². The van der Waals surface area contributed by atoms with Crippen LogP contribution in [0.15, 0.2) is 79.1 Å². The van der Waals surface area contributed by atoms with Crippen LogP contribution in [0.1, 0.15) is 15.9 Å². The fraction of sp³-hybridized carbons (Fsp3) is 0.172. The molecule has 0 aliphatic carbocycles. The number of ketones is 1. The fourth-order valence-electron chi connectivity index (χ4n) is 4.57. The molecule has 0 radical (unpaired) electrons. The van der Waals surface area contributed by atoms with Gasteiger partial charge in [0.15, 0.2) is 23.9 Å². The maximum atomic E-state index is 13.3. The monoisotopic (exact) mass is 501 g/mol. The number of hydrogen-bond donors (Lipinski definition) is 0. The van der Waals surface area contributed by atoms with E-state index in [2.05, 4.69) is 22.8 Å². The Hall–Kier alpha value is -4.03. The lowest BCUT2D eigenvalue weighted by molar-refractivity contribution is -0.682. The van der Waals surface area contributed by atoms with Gasteiger partial charge in [-0.15, -0.1) is 0 Å². The summed E-state index contributed by atoms with van der Waals surface area (Å²) in [5.74, 6) is 1.28. The molecule has 0 unspecified atom stereocenters. The third-order valence-electron chi connectivity index (χ3n) is 6.34. The number of methoxy groups -OCH3 is 3. The van der Waals surface area contributed by atoms with E-state index in [4.69, 9.17) is 25.8 Å². The molecular weight excluding hydrogens is 476 g/mol. The second-order valence-corrected chi connectivity index (χ2v) is 8.92. The van der Waals surface area contributed by atoms with Crippen LogP contribution in [0.2, 0.25) is 5.02 Å². The van der Waals surface area contributed by atoms with Crippen molar-refractivity contribution in [2.24, 2.45) is 0 Å². The van der Waals surface area contributed by atoms with E-state index in [1.54, 1.807) is 12.1 Å². The van der Waals surface area contributed by atoms with E-state index in [9.17, 15) is 4.79 Å².